The molecule has 1 atom stereocenters. The fourth-order valence-corrected chi connectivity index (χ4v) is 2.63. The lowest BCUT2D eigenvalue weighted by molar-refractivity contribution is -0.137. The van der Waals surface area contributed by atoms with E-state index in [0.29, 0.717) is 12.1 Å². The molecule has 1 unspecified atom stereocenters. The Hall–Kier alpha value is -2.63. The molecule has 25 heavy (non-hydrogen) atoms. The summed E-state index contributed by atoms with van der Waals surface area (Å²) in [4.78, 5) is 23.4. The number of nitrogens with zero attached hydrogens (tertiary/aromatic N) is 2. The van der Waals surface area contributed by atoms with Crippen LogP contribution in [0.4, 0.5) is 0 Å². The molecule has 0 aliphatic heterocycles. The van der Waals surface area contributed by atoms with E-state index in [4.69, 9.17) is 5.11 Å². The average Bonchev–Trinajstić information content (AvgIpc) is 2.98. The highest BCUT2D eigenvalue weighted by molar-refractivity contribution is 6.00. The van der Waals surface area contributed by atoms with Gasteiger partial charge in [0.1, 0.15) is 0 Å². The van der Waals surface area contributed by atoms with E-state index in [0.717, 1.165) is 11.3 Å². The number of aromatic nitrogens is 2. The van der Waals surface area contributed by atoms with Crippen LogP contribution in [0.2, 0.25) is 0 Å². The molecule has 2 N–H and O–H groups in total. The standard InChI is InChI=1S/C19H25N3O3/c1-13(10-16(23)24)11-20-18(25)15-12-21-22(19(2,3)4)17(15)14-8-6-5-7-9-14/h5-9,12-13H,10-11H2,1-4H3,(H,20,25)(H,23,24). The van der Waals surface area contributed by atoms with Crippen molar-refractivity contribution in [1.82, 2.24) is 15.1 Å². The molecule has 1 aromatic carbocycles. The van der Waals surface area contributed by atoms with Crippen molar-refractivity contribution in [2.75, 3.05) is 6.54 Å². The molecule has 6 nitrogen and oxygen atoms in total. The summed E-state index contributed by atoms with van der Waals surface area (Å²) in [5.74, 6) is -1.25. The normalized spacial score (nSPS) is 12.6. The SMILES string of the molecule is CC(CNC(=O)c1cnn(C(C)(C)C)c1-c1ccccc1)CC(=O)O. The number of hydrogen-bond acceptors (Lipinski definition) is 3. The Morgan fingerprint density at radius 2 is 1.88 bits per heavy atom. The highest BCUT2D eigenvalue weighted by atomic mass is 16.4. The molecular formula is C19H25N3O3. The minimum Gasteiger partial charge on any atom is -0.481 e. The van der Waals surface area contributed by atoms with E-state index >= 15 is 0 Å². The van der Waals surface area contributed by atoms with E-state index in [1.165, 1.54) is 0 Å². The third-order valence-corrected chi connectivity index (χ3v) is 3.83. The minimum atomic E-state index is -0.868. The van der Waals surface area contributed by atoms with E-state index in [9.17, 15) is 9.59 Å². The van der Waals surface area contributed by atoms with Crippen molar-refractivity contribution in [3.63, 3.8) is 0 Å². The number of carbonyl (C=O) groups excluding carboxylic acids is 1. The number of amides is 1. The number of benzene rings is 1. The van der Waals surface area contributed by atoms with Crippen LogP contribution in [0.3, 0.4) is 0 Å². The summed E-state index contributed by atoms with van der Waals surface area (Å²) in [5, 5.41) is 16.1. The largest absolute Gasteiger partial charge is 0.481 e. The van der Waals surface area contributed by atoms with Crippen molar-refractivity contribution in [2.45, 2.75) is 39.7 Å². The van der Waals surface area contributed by atoms with Crippen LogP contribution in [0.1, 0.15) is 44.5 Å². The predicted molar refractivity (Wildman–Crippen MR) is 96.4 cm³/mol. The van der Waals surface area contributed by atoms with Crippen LogP contribution in [0, 0.1) is 5.92 Å². The van der Waals surface area contributed by atoms with E-state index in [1.807, 2.05) is 55.8 Å². The van der Waals surface area contributed by atoms with Gasteiger partial charge in [-0.15, -0.1) is 0 Å². The summed E-state index contributed by atoms with van der Waals surface area (Å²) in [7, 11) is 0. The van der Waals surface area contributed by atoms with Gasteiger partial charge in [-0.25, -0.2) is 0 Å². The van der Waals surface area contributed by atoms with E-state index < -0.39 is 5.97 Å². The van der Waals surface area contributed by atoms with E-state index in [2.05, 4.69) is 10.4 Å². The Morgan fingerprint density at radius 3 is 2.44 bits per heavy atom. The summed E-state index contributed by atoms with van der Waals surface area (Å²) in [5.41, 5.74) is 1.89. The van der Waals surface area contributed by atoms with Gasteiger partial charge in [0, 0.05) is 18.5 Å². The van der Waals surface area contributed by atoms with Crippen molar-refractivity contribution in [2.24, 2.45) is 5.92 Å². The molecule has 0 saturated heterocycles. The fraction of sp³-hybridized carbons (Fsp3) is 0.421. The lowest BCUT2D eigenvalue weighted by Gasteiger charge is -2.23. The van der Waals surface area contributed by atoms with Crippen LogP contribution in [-0.2, 0) is 10.3 Å². The maximum atomic E-state index is 12.7. The van der Waals surface area contributed by atoms with Gasteiger partial charge in [-0.2, -0.15) is 5.10 Å². The van der Waals surface area contributed by atoms with Gasteiger partial charge < -0.3 is 10.4 Å². The molecule has 1 aromatic heterocycles. The zero-order valence-electron chi connectivity index (χ0n) is 15.1. The minimum absolute atomic E-state index is 0.0209. The first-order valence-corrected chi connectivity index (χ1v) is 8.34. The highest BCUT2D eigenvalue weighted by Gasteiger charge is 2.25. The summed E-state index contributed by atoms with van der Waals surface area (Å²) in [6.45, 7) is 8.19. The lowest BCUT2D eigenvalue weighted by atomic mass is 10.0. The fourth-order valence-electron chi connectivity index (χ4n) is 2.63. The van der Waals surface area contributed by atoms with Crippen LogP contribution < -0.4 is 5.32 Å². The monoisotopic (exact) mass is 343 g/mol. The molecule has 2 aromatic rings. The topological polar surface area (TPSA) is 84.2 Å². The Morgan fingerprint density at radius 1 is 1.24 bits per heavy atom. The molecule has 1 heterocycles. The molecule has 6 heteroatoms. The van der Waals surface area contributed by atoms with Crippen LogP contribution in [0.25, 0.3) is 11.3 Å². The Labute approximate surface area is 147 Å². The molecule has 0 fully saturated rings. The molecule has 0 aliphatic rings. The molecular weight excluding hydrogens is 318 g/mol. The number of carboxylic acids is 1. The summed E-state index contributed by atoms with van der Waals surface area (Å²) in [6.07, 6.45) is 1.60. The van der Waals surface area contributed by atoms with Gasteiger partial charge in [0.15, 0.2) is 0 Å². The summed E-state index contributed by atoms with van der Waals surface area (Å²) < 4.78 is 1.85. The van der Waals surface area contributed by atoms with E-state index in [-0.39, 0.29) is 23.8 Å². The van der Waals surface area contributed by atoms with Gasteiger partial charge in [0.25, 0.3) is 5.91 Å². The first kappa shape index (κ1) is 18.7. The third kappa shape index (κ3) is 4.68. The summed E-state index contributed by atoms with van der Waals surface area (Å²) >= 11 is 0. The summed E-state index contributed by atoms with van der Waals surface area (Å²) in [6, 6.07) is 9.67. The van der Waals surface area contributed by atoms with Gasteiger partial charge in [-0.1, -0.05) is 37.3 Å². The lowest BCUT2D eigenvalue weighted by Crippen LogP contribution is -2.30. The zero-order chi connectivity index (χ0) is 18.6. The van der Waals surface area contributed by atoms with Crippen molar-refractivity contribution in [3.05, 3.63) is 42.1 Å². The van der Waals surface area contributed by atoms with Crippen LogP contribution in [0.5, 0.6) is 0 Å². The molecule has 0 bridgehead atoms. The van der Waals surface area contributed by atoms with Gasteiger partial charge >= 0.3 is 5.97 Å². The zero-order valence-corrected chi connectivity index (χ0v) is 15.1. The number of carboxylic acid groups (broad SMARTS) is 1. The van der Waals surface area contributed by atoms with Crippen LogP contribution in [0.15, 0.2) is 36.5 Å². The van der Waals surface area contributed by atoms with Gasteiger partial charge in [0.2, 0.25) is 0 Å². The second-order valence-corrected chi connectivity index (χ2v) is 7.27. The highest BCUT2D eigenvalue weighted by Crippen LogP contribution is 2.28. The first-order valence-electron chi connectivity index (χ1n) is 8.34. The number of rotatable bonds is 6. The second kappa shape index (κ2) is 7.51. The molecule has 134 valence electrons. The molecule has 0 aliphatic carbocycles. The van der Waals surface area contributed by atoms with Crippen molar-refractivity contribution >= 4 is 11.9 Å². The molecule has 1 amide bonds. The molecule has 0 spiro atoms. The van der Waals surface area contributed by atoms with E-state index in [1.54, 1.807) is 13.1 Å². The van der Waals surface area contributed by atoms with Crippen molar-refractivity contribution < 1.29 is 14.7 Å². The van der Waals surface area contributed by atoms with Gasteiger partial charge in [0.05, 0.1) is 23.0 Å². The number of aliphatic carboxylic acids is 1. The average molecular weight is 343 g/mol. The Kier molecular flexibility index (Phi) is 5.62. The van der Waals surface area contributed by atoms with Crippen molar-refractivity contribution in [3.8, 4) is 11.3 Å². The predicted octanol–water partition coefficient (Wildman–Crippen LogP) is 3.15. The quantitative estimate of drug-likeness (QED) is 0.844. The molecule has 2 rings (SSSR count). The van der Waals surface area contributed by atoms with Crippen LogP contribution in [-0.4, -0.2) is 33.3 Å². The number of hydrogen-bond donors (Lipinski definition) is 2. The Balaban J connectivity index is 2.30. The first-order chi connectivity index (χ1) is 11.7. The smallest absolute Gasteiger partial charge is 0.303 e. The molecule has 0 saturated carbocycles. The Bertz CT molecular complexity index is 745. The van der Waals surface area contributed by atoms with Crippen LogP contribution >= 0.6 is 0 Å². The van der Waals surface area contributed by atoms with Gasteiger partial charge in [-0.05, 0) is 26.7 Å². The number of nitrogens with one attached hydrogen (secondary N) is 1. The maximum Gasteiger partial charge on any atom is 0.303 e. The maximum absolute atomic E-state index is 12.7. The molecule has 0 radical (unpaired) electrons. The second-order valence-electron chi connectivity index (χ2n) is 7.27. The van der Waals surface area contributed by atoms with Gasteiger partial charge in [-0.3, -0.25) is 14.3 Å². The third-order valence-electron chi connectivity index (χ3n) is 3.83. The van der Waals surface area contributed by atoms with Crippen molar-refractivity contribution in [1.29, 1.82) is 0 Å². The number of carbonyl (C=O) groups is 2.